The van der Waals surface area contributed by atoms with Gasteiger partial charge in [0, 0.05) is 30.7 Å². The second-order valence-corrected chi connectivity index (χ2v) is 4.56. The number of aromatic nitrogens is 1. The lowest BCUT2D eigenvalue weighted by Gasteiger charge is -2.06. The molecule has 0 spiro atoms. The summed E-state index contributed by atoms with van der Waals surface area (Å²) in [4.78, 5) is 11.3. The SMILES string of the molecule is C=C(CNC1CC1)Cn1ccsc1=O. The number of hydrogen-bond acceptors (Lipinski definition) is 3. The van der Waals surface area contributed by atoms with Gasteiger partial charge in [-0.2, -0.15) is 0 Å². The van der Waals surface area contributed by atoms with Crippen molar-refractivity contribution in [2.45, 2.75) is 25.4 Å². The van der Waals surface area contributed by atoms with Crippen molar-refractivity contribution in [3.63, 3.8) is 0 Å². The zero-order chi connectivity index (χ0) is 9.97. The molecule has 0 aliphatic heterocycles. The van der Waals surface area contributed by atoms with Crippen molar-refractivity contribution < 1.29 is 0 Å². The molecule has 1 aromatic rings. The highest BCUT2D eigenvalue weighted by Gasteiger charge is 2.19. The third-order valence-corrected chi connectivity index (χ3v) is 2.95. The Morgan fingerprint density at radius 2 is 2.50 bits per heavy atom. The Hall–Kier alpha value is -0.870. The van der Waals surface area contributed by atoms with Gasteiger partial charge in [0.25, 0.3) is 0 Å². The molecule has 0 amide bonds. The van der Waals surface area contributed by atoms with Crippen molar-refractivity contribution in [3.05, 3.63) is 33.4 Å². The topological polar surface area (TPSA) is 34.0 Å². The minimum Gasteiger partial charge on any atom is -0.310 e. The Balaban J connectivity index is 1.81. The van der Waals surface area contributed by atoms with Gasteiger partial charge in [-0.1, -0.05) is 17.9 Å². The Bertz CT molecular complexity index is 375. The smallest absolute Gasteiger partial charge is 0.307 e. The van der Waals surface area contributed by atoms with Gasteiger partial charge in [-0.05, 0) is 18.4 Å². The molecule has 1 N–H and O–H groups in total. The molecule has 0 unspecified atom stereocenters. The highest BCUT2D eigenvalue weighted by Crippen LogP contribution is 2.18. The summed E-state index contributed by atoms with van der Waals surface area (Å²) in [7, 11) is 0. The lowest BCUT2D eigenvalue weighted by molar-refractivity contribution is 0.678. The molecule has 0 atom stereocenters. The van der Waals surface area contributed by atoms with Gasteiger partial charge in [0.1, 0.15) is 0 Å². The summed E-state index contributed by atoms with van der Waals surface area (Å²) in [6.45, 7) is 5.42. The van der Waals surface area contributed by atoms with Crippen LogP contribution in [-0.4, -0.2) is 17.2 Å². The first-order valence-corrected chi connectivity index (χ1v) is 5.67. The van der Waals surface area contributed by atoms with E-state index in [1.54, 1.807) is 4.57 Å². The second-order valence-electron chi connectivity index (χ2n) is 3.70. The van der Waals surface area contributed by atoms with Crippen LogP contribution in [0.2, 0.25) is 0 Å². The lowest BCUT2D eigenvalue weighted by atomic mass is 10.3. The Labute approximate surface area is 87.1 Å². The molecule has 14 heavy (non-hydrogen) atoms. The summed E-state index contributed by atoms with van der Waals surface area (Å²) in [5, 5.41) is 5.19. The van der Waals surface area contributed by atoms with Crippen LogP contribution in [0.4, 0.5) is 0 Å². The van der Waals surface area contributed by atoms with E-state index in [0.29, 0.717) is 12.6 Å². The molecule has 2 rings (SSSR count). The van der Waals surface area contributed by atoms with Gasteiger partial charge < -0.3 is 9.88 Å². The van der Waals surface area contributed by atoms with Crippen molar-refractivity contribution >= 4 is 11.3 Å². The van der Waals surface area contributed by atoms with Gasteiger partial charge in [-0.15, -0.1) is 0 Å². The Kier molecular flexibility index (Phi) is 2.84. The fourth-order valence-corrected chi connectivity index (χ4v) is 1.87. The normalized spacial score (nSPS) is 15.7. The molecule has 0 bridgehead atoms. The minimum absolute atomic E-state index is 0.0950. The molecular weight excluding hydrogens is 196 g/mol. The third-order valence-electron chi connectivity index (χ3n) is 2.26. The maximum atomic E-state index is 11.2. The number of nitrogens with one attached hydrogen (secondary N) is 1. The summed E-state index contributed by atoms with van der Waals surface area (Å²) in [5.74, 6) is 0. The summed E-state index contributed by atoms with van der Waals surface area (Å²) < 4.78 is 1.70. The highest BCUT2D eigenvalue weighted by atomic mass is 32.1. The predicted molar refractivity (Wildman–Crippen MR) is 58.7 cm³/mol. The van der Waals surface area contributed by atoms with E-state index in [9.17, 15) is 4.79 Å². The Morgan fingerprint density at radius 3 is 3.07 bits per heavy atom. The first kappa shape index (κ1) is 9.68. The minimum atomic E-state index is 0.0950. The second kappa shape index (κ2) is 4.11. The van der Waals surface area contributed by atoms with E-state index in [1.807, 2.05) is 11.6 Å². The molecule has 1 fully saturated rings. The van der Waals surface area contributed by atoms with Crippen molar-refractivity contribution in [1.29, 1.82) is 0 Å². The van der Waals surface area contributed by atoms with E-state index in [2.05, 4.69) is 11.9 Å². The molecule has 1 heterocycles. The summed E-state index contributed by atoms with van der Waals surface area (Å²) in [5.41, 5.74) is 1.07. The van der Waals surface area contributed by atoms with E-state index in [1.165, 1.54) is 24.2 Å². The zero-order valence-electron chi connectivity index (χ0n) is 8.03. The van der Waals surface area contributed by atoms with Crippen molar-refractivity contribution in [2.75, 3.05) is 6.54 Å². The van der Waals surface area contributed by atoms with E-state index >= 15 is 0 Å². The van der Waals surface area contributed by atoms with Gasteiger partial charge in [0.15, 0.2) is 0 Å². The Morgan fingerprint density at radius 1 is 1.71 bits per heavy atom. The van der Waals surface area contributed by atoms with E-state index in [-0.39, 0.29) is 4.87 Å². The first-order valence-electron chi connectivity index (χ1n) is 4.79. The molecule has 0 radical (unpaired) electrons. The standard InChI is InChI=1S/C10H14N2OS/c1-8(6-11-9-2-3-9)7-12-4-5-14-10(12)13/h4-5,9,11H,1-3,6-7H2. The van der Waals surface area contributed by atoms with Crippen LogP contribution >= 0.6 is 11.3 Å². The molecule has 1 aliphatic carbocycles. The van der Waals surface area contributed by atoms with Gasteiger partial charge in [0.05, 0.1) is 0 Å². The molecule has 0 aromatic carbocycles. The van der Waals surface area contributed by atoms with E-state index in [4.69, 9.17) is 0 Å². The molecule has 0 saturated heterocycles. The van der Waals surface area contributed by atoms with Crippen LogP contribution in [0.15, 0.2) is 28.5 Å². The van der Waals surface area contributed by atoms with Crippen LogP contribution in [0, 0.1) is 0 Å². The largest absolute Gasteiger partial charge is 0.310 e. The van der Waals surface area contributed by atoms with Gasteiger partial charge in [-0.25, -0.2) is 0 Å². The van der Waals surface area contributed by atoms with Crippen molar-refractivity contribution in [2.24, 2.45) is 0 Å². The highest BCUT2D eigenvalue weighted by molar-refractivity contribution is 7.07. The van der Waals surface area contributed by atoms with E-state index < -0.39 is 0 Å². The lowest BCUT2D eigenvalue weighted by Crippen LogP contribution is -2.22. The predicted octanol–water partition coefficient (Wildman–Crippen LogP) is 1.22. The fourth-order valence-electron chi connectivity index (χ4n) is 1.28. The van der Waals surface area contributed by atoms with Crippen LogP contribution < -0.4 is 10.2 Å². The summed E-state index contributed by atoms with van der Waals surface area (Å²) in [6, 6.07) is 0.700. The van der Waals surface area contributed by atoms with Gasteiger partial charge in [0.2, 0.25) is 0 Å². The van der Waals surface area contributed by atoms with E-state index in [0.717, 1.165) is 12.1 Å². The number of thiazole rings is 1. The van der Waals surface area contributed by atoms with Crippen LogP contribution in [0.25, 0.3) is 0 Å². The van der Waals surface area contributed by atoms with Crippen molar-refractivity contribution in [1.82, 2.24) is 9.88 Å². The molecule has 3 nitrogen and oxygen atoms in total. The van der Waals surface area contributed by atoms with Crippen LogP contribution in [-0.2, 0) is 6.54 Å². The van der Waals surface area contributed by atoms with Gasteiger partial charge >= 0.3 is 4.87 Å². The monoisotopic (exact) mass is 210 g/mol. The maximum absolute atomic E-state index is 11.2. The quantitative estimate of drug-likeness (QED) is 0.741. The maximum Gasteiger partial charge on any atom is 0.307 e. The van der Waals surface area contributed by atoms with Gasteiger partial charge in [-0.3, -0.25) is 4.79 Å². The average molecular weight is 210 g/mol. The third kappa shape index (κ3) is 2.56. The zero-order valence-corrected chi connectivity index (χ0v) is 8.85. The first-order chi connectivity index (χ1) is 6.75. The molecule has 1 aromatic heterocycles. The number of nitrogens with zero attached hydrogens (tertiary/aromatic N) is 1. The van der Waals surface area contributed by atoms with Crippen LogP contribution in [0.5, 0.6) is 0 Å². The summed E-state index contributed by atoms with van der Waals surface area (Å²) in [6.07, 6.45) is 4.38. The van der Waals surface area contributed by atoms with Crippen LogP contribution in [0.1, 0.15) is 12.8 Å². The molecule has 4 heteroatoms. The molecule has 76 valence electrons. The number of hydrogen-bond donors (Lipinski definition) is 1. The van der Waals surface area contributed by atoms with Crippen molar-refractivity contribution in [3.8, 4) is 0 Å². The summed E-state index contributed by atoms with van der Waals surface area (Å²) >= 11 is 1.23. The van der Waals surface area contributed by atoms with Crippen LogP contribution in [0.3, 0.4) is 0 Å². The average Bonchev–Trinajstić information content (AvgIpc) is 2.90. The molecule has 1 saturated carbocycles. The number of rotatable bonds is 5. The molecule has 1 aliphatic rings. The fraction of sp³-hybridized carbons (Fsp3) is 0.500. The molecular formula is C10H14N2OS.